The summed E-state index contributed by atoms with van der Waals surface area (Å²) in [5.41, 5.74) is 1.71. The highest BCUT2D eigenvalue weighted by atomic mass is 16.5. The number of aromatic amines is 1. The number of hydrogen-bond donors (Lipinski definition) is 2. The van der Waals surface area contributed by atoms with Crippen molar-refractivity contribution in [3.05, 3.63) is 22.5 Å². The molecule has 1 aromatic heterocycles. The second kappa shape index (κ2) is 5.69. The van der Waals surface area contributed by atoms with Gasteiger partial charge in [-0.05, 0) is 31.7 Å². The number of hydrogen-bond acceptors (Lipinski definition) is 4. The molecule has 0 radical (unpaired) electrons. The zero-order valence-corrected chi connectivity index (χ0v) is 14.3. The van der Waals surface area contributed by atoms with Crippen LogP contribution in [0.15, 0.2) is 0 Å². The number of ketones is 1. The first-order valence-corrected chi connectivity index (χ1v) is 8.79. The largest absolute Gasteiger partial charge is 0.481 e. The van der Waals surface area contributed by atoms with Gasteiger partial charge in [0.25, 0.3) is 5.91 Å². The molecule has 2 saturated heterocycles. The number of aromatic nitrogens is 1. The number of amides is 1. The number of ether oxygens (including phenoxy) is 1. The van der Waals surface area contributed by atoms with Gasteiger partial charge in [-0.2, -0.15) is 0 Å². The van der Waals surface area contributed by atoms with Gasteiger partial charge >= 0.3 is 5.97 Å². The number of carboxylic acid groups (broad SMARTS) is 1. The van der Waals surface area contributed by atoms with E-state index in [1.165, 1.54) is 0 Å². The third kappa shape index (κ3) is 2.33. The lowest BCUT2D eigenvalue weighted by Crippen LogP contribution is -2.45. The van der Waals surface area contributed by atoms with Gasteiger partial charge in [-0.3, -0.25) is 14.4 Å². The number of carboxylic acids is 1. The van der Waals surface area contributed by atoms with Gasteiger partial charge in [0, 0.05) is 43.3 Å². The van der Waals surface area contributed by atoms with Gasteiger partial charge in [-0.25, -0.2) is 0 Å². The van der Waals surface area contributed by atoms with Crippen LogP contribution in [0.1, 0.15) is 51.4 Å². The second-order valence-electron chi connectivity index (χ2n) is 7.42. The molecule has 2 atom stereocenters. The average molecular weight is 346 g/mol. The Hall–Kier alpha value is -2.15. The number of carbonyl (C=O) groups excluding carboxylic acids is 2. The number of nitrogens with one attached hydrogen (secondary N) is 1. The van der Waals surface area contributed by atoms with Crippen molar-refractivity contribution < 1.29 is 24.2 Å². The molecule has 2 aliphatic heterocycles. The summed E-state index contributed by atoms with van der Waals surface area (Å²) in [6.07, 6.45) is 2.51. The second-order valence-corrected chi connectivity index (χ2v) is 7.42. The summed E-state index contributed by atoms with van der Waals surface area (Å²) in [5, 5.41) is 9.75. The number of aliphatic carboxylic acids is 1. The van der Waals surface area contributed by atoms with Crippen molar-refractivity contribution in [2.45, 2.75) is 32.6 Å². The first-order chi connectivity index (χ1) is 11.9. The molecular weight excluding hydrogens is 324 g/mol. The Morgan fingerprint density at radius 1 is 1.36 bits per heavy atom. The summed E-state index contributed by atoms with van der Waals surface area (Å²) in [6.45, 7) is 3.16. The van der Waals surface area contributed by atoms with Crippen LogP contribution in [0.2, 0.25) is 0 Å². The van der Waals surface area contributed by atoms with Gasteiger partial charge in [0.1, 0.15) is 5.69 Å². The maximum absolute atomic E-state index is 13.1. The van der Waals surface area contributed by atoms with Crippen LogP contribution in [0.3, 0.4) is 0 Å². The molecule has 0 saturated carbocycles. The summed E-state index contributed by atoms with van der Waals surface area (Å²) in [5.74, 6) is -1.17. The van der Waals surface area contributed by atoms with Crippen LogP contribution in [-0.2, 0) is 16.0 Å². The Morgan fingerprint density at radius 2 is 2.16 bits per heavy atom. The molecule has 0 aromatic carbocycles. The number of carbonyl (C=O) groups is 3. The fourth-order valence-electron chi connectivity index (χ4n) is 4.60. The SMILES string of the molecule is Cc1c(C(=O)N2C[C@H]3COCC[C@@]3(C(=O)O)C2)[nH]c2c1C(=O)CCC2. The number of aryl methyl sites for hydroxylation is 1. The molecule has 1 amide bonds. The minimum atomic E-state index is -0.913. The van der Waals surface area contributed by atoms with Crippen molar-refractivity contribution >= 4 is 17.7 Å². The van der Waals surface area contributed by atoms with Gasteiger partial charge in [0.15, 0.2) is 5.78 Å². The van der Waals surface area contributed by atoms with Crippen molar-refractivity contribution in [3.63, 3.8) is 0 Å². The highest BCUT2D eigenvalue weighted by Crippen LogP contribution is 2.43. The van der Waals surface area contributed by atoms with Gasteiger partial charge in [0.2, 0.25) is 0 Å². The van der Waals surface area contributed by atoms with Gasteiger partial charge in [-0.15, -0.1) is 0 Å². The molecule has 4 rings (SSSR count). The Kier molecular flexibility index (Phi) is 3.72. The first-order valence-electron chi connectivity index (χ1n) is 8.79. The van der Waals surface area contributed by atoms with Crippen molar-refractivity contribution in [1.29, 1.82) is 0 Å². The summed E-state index contributed by atoms with van der Waals surface area (Å²) < 4.78 is 5.44. The summed E-state index contributed by atoms with van der Waals surface area (Å²) in [4.78, 5) is 41.9. The van der Waals surface area contributed by atoms with E-state index in [2.05, 4.69) is 4.98 Å². The van der Waals surface area contributed by atoms with Gasteiger partial charge in [-0.1, -0.05) is 0 Å². The molecule has 0 unspecified atom stereocenters. The van der Waals surface area contributed by atoms with Gasteiger partial charge < -0.3 is 19.7 Å². The molecule has 134 valence electrons. The van der Waals surface area contributed by atoms with Crippen LogP contribution in [0.25, 0.3) is 0 Å². The molecular formula is C18H22N2O5. The third-order valence-electron chi connectivity index (χ3n) is 6.07. The summed E-state index contributed by atoms with van der Waals surface area (Å²) in [7, 11) is 0. The molecule has 3 aliphatic rings. The molecule has 0 spiro atoms. The fourth-order valence-corrected chi connectivity index (χ4v) is 4.60. The molecule has 0 bridgehead atoms. The first kappa shape index (κ1) is 16.3. The van der Waals surface area contributed by atoms with Crippen molar-refractivity contribution in [2.24, 2.45) is 11.3 Å². The lowest BCUT2D eigenvalue weighted by atomic mass is 9.74. The Morgan fingerprint density at radius 3 is 2.84 bits per heavy atom. The molecule has 25 heavy (non-hydrogen) atoms. The van der Waals surface area contributed by atoms with E-state index in [-0.39, 0.29) is 24.2 Å². The molecule has 2 fully saturated rings. The normalized spacial score (nSPS) is 28.6. The fraction of sp³-hybridized carbons (Fsp3) is 0.611. The number of fused-ring (bicyclic) bond motifs is 2. The van der Waals surface area contributed by atoms with Crippen LogP contribution in [0, 0.1) is 18.3 Å². The highest BCUT2D eigenvalue weighted by Gasteiger charge is 2.55. The lowest BCUT2D eigenvalue weighted by molar-refractivity contribution is -0.157. The minimum absolute atomic E-state index is 0.0829. The maximum Gasteiger partial charge on any atom is 0.311 e. The minimum Gasteiger partial charge on any atom is -0.481 e. The summed E-state index contributed by atoms with van der Waals surface area (Å²) >= 11 is 0. The van der Waals surface area contributed by atoms with Crippen LogP contribution in [0.5, 0.6) is 0 Å². The van der Waals surface area contributed by atoms with E-state index in [1.54, 1.807) is 11.8 Å². The number of H-pyrrole nitrogens is 1. The number of likely N-dealkylation sites (tertiary alicyclic amines) is 1. The topological polar surface area (TPSA) is 99.7 Å². The van der Waals surface area contributed by atoms with Crippen LogP contribution >= 0.6 is 0 Å². The Bertz CT molecular complexity index is 768. The molecule has 7 nitrogen and oxygen atoms in total. The molecule has 1 aromatic rings. The third-order valence-corrected chi connectivity index (χ3v) is 6.07. The highest BCUT2D eigenvalue weighted by molar-refractivity contribution is 6.04. The van der Waals surface area contributed by atoms with E-state index in [0.717, 1.165) is 18.5 Å². The average Bonchev–Trinajstić information content (AvgIpc) is 3.14. The van der Waals surface area contributed by atoms with E-state index in [4.69, 9.17) is 4.74 Å². The zero-order chi connectivity index (χ0) is 17.8. The predicted molar refractivity (Wildman–Crippen MR) is 87.7 cm³/mol. The van der Waals surface area contributed by atoms with Crippen LogP contribution in [-0.4, -0.2) is 59.0 Å². The lowest BCUT2D eigenvalue weighted by Gasteiger charge is -2.33. The maximum atomic E-state index is 13.1. The summed E-state index contributed by atoms with van der Waals surface area (Å²) in [6, 6.07) is 0. The predicted octanol–water partition coefficient (Wildman–Crippen LogP) is 1.41. The number of nitrogens with zero attached hydrogens (tertiary/aromatic N) is 1. The number of Topliss-reactive ketones (excluding diaryl/α,β-unsaturated/α-hetero) is 1. The van der Waals surface area contributed by atoms with Gasteiger partial charge in [0.05, 0.1) is 12.0 Å². The van der Waals surface area contributed by atoms with Crippen molar-refractivity contribution in [2.75, 3.05) is 26.3 Å². The quantitative estimate of drug-likeness (QED) is 0.843. The van der Waals surface area contributed by atoms with E-state index in [1.807, 2.05) is 0 Å². The standard InChI is InChI=1S/C18H22N2O5/c1-10-14-12(3-2-4-13(14)21)19-15(10)16(22)20-7-11-8-25-6-5-18(11,9-20)17(23)24/h11,19H,2-9H2,1H3,(H,23,24)/t11-,18+/m0/s1. The van der Waals surface area contributed by atoms with E-state index in [9.17, 15) is 19.5 Å². The van der Waals surface area contributed by atoms with E-state index >= 15 is 0 Å². The zero-order valence-electron chi connectivity index (χ0n) is 14.3. The van der Waals surface area contributed by atoms with Crippen LogP contribution in [0.4, 0.5) is 0 Å². The van der Waals surface area contributed by atoms with Crippen molar-refractivity contribution in [1.82, 2.24) is 9.88 Å². The molecule has 3 heterocycles. The van der Waals surface area contributed by atoms with Crippen LogP contribution < -0.4 is 0 Å². The molecule has 7 heteroatoms. The van der Waals surface area contributed by atoms with E-state index < -0.39 is 11.4 Å². The van der Waals surface area contributed by atoms with E-state index in [0.29, 0.717) is 49.4 Å². The molecule has 2 N–H and O–H groups in total. The Labute approximate surface area is 145 Å². The molecule has 1 aliphatic carbocycles. The van der Waals surface area contributed by atoms with Crippen molar-refractivity contribution in [3.8, 4) is 0 Å². The number of rotatable bonds is 2. The smallest absolute Gasteiger partial charge is 0.311 e. The monoisotopic (exact) mass is 346 g/mol. The Balaban J connectivity index is 1.64.